The molecule has 0 aromatic carbocycles. The van der Waals surface area contributed by atoms with Crippen molar-refractivity contribution in [2.45, 2.75) is 44.2 Å². The molecule has 2 heterocycles. The highest BCUT2D eigenvalue weighted by Crippen LogP contribution is 2.18. The van der Waals surface area contributed by atoms with Crippen molar-refractivity contribution in [1.29, 1.82) is 0 Å². The lowest BCUT2D eigenvalue weighted by Gasteiger charge is -2.17. The highest BCUT2D eigenvalue weighted by Gasteiger charge is 2.17. The van der Waals surface area contributed by atoms with E-state index in [2.05, 4.69) is 22.4 Å². The minimum absolute atomic E-state index is 0.495. The number of hydrogen-bond donors (Lipinski definition) is 1. The van der Waals surface area contributed by atoms with Gasteiger partial charge in [0.05, 0.1) is 6.10 Å². The van der Waals surface area contributed by atoms with Gasteiger partial charge in [-0.15, -0.1) is 0 Å². The Morgan fingerprint density at radius 3 is 3.12 bits per heavy atom. The van der Waals surface area contributed by atoms with Crippen LogP contribution < -0.4 is 5.32 Å². The van der Waals surface area contributed by atoms with Crippen LogP contribution in [0.2, 0.25) is 0 Å². The topological polar surface area (TPSA) is 34.1 Å². The van der Waals surface area contributed by atoms with Gasteiger partial charge >= 0.3 is 0 Å². The maximum Gasteiger partial charge on any atom is 0.0576 e. The summed E-state index contributed by atoms with van der Waals surface area (Å²) in [5.74, 6) is 0. The minimum atomic E-state index is 0.495. The number of rotatable bonds is 6. The fourth-order valence-electron chi connectivity index (χ4n) is 2.38. The fourth-order valence-corrected chi connectivity index (χ4v) is 2.38. The molecule has 17 heavy (non-hydrogen) atoms. The summed E-state index contributed by atoms with van der Waals surface area (Å²) in [6, 6.07) is 6.62. The summed E-state index contributed by atoms with van der Waals surface area (Å²) in [5.41, 5.74) is 1.17. The van der Waals surface area contributed by atoms with Crippen molar-refractivity contribution in [3.05, 3.63) is 30.1 Å². The van der Waals surface area contributed by atoms with Crippen LogP contribution in [-0.4, -0.2) is 30.8 Å². The van der Waals surface area contributed by atoms with E-state index in [1.54, 1.807) is 0 Å². The molecule has 0 amide bonds. The molecular weight excluding hydrogens is 212 g/mol. The largest absolute Gasteiger partial charge is 0.378 e. The van der Waals surface area contributed by atoms with Crippen molar-refractivity contribution in [3.63, 3.8) is 0 Å². The first-order valence-electron chi connectivity index (χ1n) is 6.57. The van der Waals surface area contributed by atoms with Gasteiger partial charge in [-0.25, -0.2) is 0 Å². The summed E-state index contributed by atoms with van der Waals surface area (Å²) in [4.78, 5) is 4.38. The molecule has 1 N–H and O–H groups in total. The normalized spacial score (nSPS) is 21.6. The number of hydrogen-bond acceptors (Lipinski definition) is 3. The van der Waals surface area contributed by atoms with E-state index >= 15 is 0 Å². The summed E-state index contributed by atoms with van der Waals surface area (Å²) in [6.45, 7) is 0.953. The van der Waals surface area contributed by atoms with Gasteiger partial charge in [0.15, 0.2) is 0 Å². The molecule has 1 aromatic rings. The first kappa shape index (κ1) is 12.5. The number of nitrogens with zero attached hydrogens (tertiary/aromatic N) is 1. The summed E-state index contributed by atoms with van der Waals surface area (Å²) in [6.07, 6.45) is 8.16. The Kier molecular flexibility index (Phi) is 4.95. The van der Waals surface area contributed by atoms with E-state index in [-0.39, 0.29) is 0 Å². The second-order valence-corrected chi connectivity index (χ2v) is 4.72. The SMILES string of the molecule is CNC(CCC1CCCO1)Cc1ccccn1. The number of likely N-dealkylation sites (N-methyl/N-ethyl adjacent to an activating group) is 1. The average Bonchev–Trinajstić information content (AvgIpc) is 2.89. The van der Waals surface area contributed by atoms with Crippen molar-refractivity contribution in [1.82, 2.24) is 10.3 Å². The van der Waals surface area contributed by atoms with Crippen LogP contribution in [0, 0.1) is 0 Å². The zero-order valence-electron chi connectivity index (χ0n) is 10.6. The standard InChI is InChI=1S/C14H22N2O/c1-15-12(7-8-14-6-4-10-17-14)11-13-5-2-3-9-16-13/h2-3,5,9,12,14-15H,4,6-8,10-11H2,1H3. The third-order valence-electron chi connectivity index (χ3n) is 3.45. The van der Waals surface area contributed by atoms with Gasteiger partial charge in [0.1, 0.15) is 0 Å². The molecule has 2 rings (SSSR count). The van der Waals surface area contributed by atoms with Crippen LogP contribution in [0.25, 0.3) is 0 Å². The molecule has 3 heteroatoms. The predicted molar refractivity (Wildman–Crippen MR) is 69.0 cm³/mol. The molecule has 0 radical (unpaired) electrons. The second-order valence-electron chi connectivity index (χ2n) is 4.72. The molecule has 1 aliphatic heterocycles. The third-order valence-corrected chi connectivity index (χ3v) is 3.45. The van der Waals surface area contributed by atoms with Gasteiger partial charge in [0.2, 0.25) is 0 Å². The van der Waals surface area contributed by atoms with E-state index in [0.717, 1.165) is 19.4 Å². The Morgan fingerprint density at radius 2 is 2.47 bits per heavy atom. The van der Waals surface area contributed by atoms with Crippen molar-refractivity contribution in [3.8, 4) is 0 Å². The van der Waals surface area contributed by atoms with E-state index in [9.17, 15) is 0 Å². The lowest BCUT2D eigenvalue weighted by Crippen LogP contribution is -2.29. The van der Waals surface area contributed by atoms with E-state index in [0.29, 0.717) is 12.1 Å². The maximum atomic E-state index is 5.65. The number of aromatic nitrogens is 1. The molecule has 1 fully saturated rings. The summed E-state index contributed by atoms with van der Waals surface area (Å²) in [7, 11) is 2.03. The van der Waals surface area contributed by atoms with E-state index in [1.165, 1.54) is 25.0 Å². The monoisotopic (exact) mass is 234 g/mol. The molecule has 1 saturated heterocycles. The highest BCUT2D eigenvalue weighted by molar-refractivity contribution is 5.05. The van der Waals surface area contributed by atoms with E-state index in [4.69, 9.17) is 4.74 Å². The molecule has 1 aliphatic rings. The van der Waals surface area contributed by atoms with Crippen LogP contribution in [0.3, 0.4) is 0 Å². The van der Waals surface area contributed by atoms with Crippen LogP contribution in [0.1, 0.15) is 31.4 Å². The molecule has 2 unspecified atom stereocenters. The van der Waals surface area contributed by atoms with Gasteiger partial charge in [0.25, 0.3) is 0 Å². The molecule has 0 saturated carbocycles. The number of pyridine rings is 1. The number of ether oxygens (including phenoxy) is 1. The second kappa shape index (κ2) is 6.72. The Bertz CT molecular complexity index is 309. The minimum Gasteiger partial charge on any atom is -0.378 e. The zero-order valence-corrected chi connectivity index (χ0v) is 10.6. The highest BCUT2D eigenvalue weighted by atomic mass is 16.5. The van der Waals surface area contributed by atoms with Gasteiger partial charge < -0.3 is 10.1 Å². The third kappa shape index (κ3) is 4.10. The van der Waals surface area contributed by atoms with Crippen LogP contribution in [0.15, 0.2) is 24.4 Å². The Balaban J connectivity index is 1.76. The quantitative estimate of drug-likeness (QED) is 0.819. The lowest BCUT2D eigenvalue weighted by molar-refractivity contribution is 0.0998. The van der Waals surface area contributed by atoms with Gasteiger partial charge in [-0.2, -0.15) is 0 Å². The lowest BCUT2D eigenvalue weighted by atomic mass is 10.0. The predicted octanol–water partition coefficient (Wildman–Crippen LogP) is 2.17. The molecular formula is C14H22N2O. The van der Waals surface area contributed by atoms with Crippen LogP contribution in [-0.2, 0) is 11.2 Å². The van der Waals surface area contributed by atoms with Crippen molar-refractivity contribution in [2.75, 3.05) is 13.7 Å². The maximum absolute atomic E-state index is 5.65. The fraction of sp³-hybridized carbons (Fsp3) is 0.643. The van der Waals surface area contributed by atoms with E-state index in [1.807, 2.05) is 19.3 Å². The molecule has 2 atom stereocenters. The van der Waals surface area contributed by atoms with Gasteiger partial charge in [-0.1, -0.05) is 6.07 Å². The molecule has 0 spiro atoms. The summed E-state index contributed by atoms with van der Waals surface area (Å²) >= 11 is 0. The van der Waals surface area contributed by atoms with E-state index < -0.39 is 0 Å². The Labute approximate surface area is 104 Å². The molecule has 0 bridgehead atoms. The Morgan fingerprint density at radius 1 is 1.53 bits per heavy atom. The molecule has 3 nitrogen and oxygen atoms in total. The molecule has 1 aromatic heterocycles. The van der Waals surface area contributed by atoms with Crippen molar-refractivity contribution in [2.24, 2.45) is 0 Å². The average molecular weight is 234 g/mol. The molecule has 94 valence electrons. The first-order valence-corrected chi connectivity index (χ1v) is 6.57. The first-order chi connectivity index (χ1) is 8.38. The summed E-state index contributed by atoms with van der Waals surface area (Å²) in [5, 5.41) is 3.38. The molecule has 0 aliphatic carbocycles. The zero-order chi connectivity index (χ0) is 11.9. The van der Waals surface area contributed by atoms with Gasteiger partial charge in [-0.3, -0.25) is 4.98 Å². The van der Waals surface area contributed by atoms with Crippen LogP contribution >= 0.6 is 0 Å². The van der Waals surface area contributed by atoms with Crippen LogP contribution in [0.5, 0.6) is 0 Å². The Hall–Kier alpha value is -0.930. The van der Waals surface area contributed by atoms with Crippen LogP contribution in [0.4, 0.5) is 0 Å². The van der Waals surface area contributed by atoms with Gasteiger partial charge in [0, 0.05) is 31.0 Å². The van der Waals surface area contributed by atoms with Crippen molar-refractivity contribution < 1.29 is 4.74 Å². The number of nitrogens with one attached hydrogen (secondary N) is 1. The smallest absolute Gasteiger partial charge is 0.0576 e. The van der Waals surface area contributed by atoms with Gasteiger partial charge in [-0.05, 0) is 44.9 Å². The van der Waals surface area contributed by atoms with Crippen molar-refractivity contribution >= 4 is 0 Å². The summed E-state index contributed by atoms with van der Waals surface area (Å²) < 4.78 is 5.65.